The Morgan fingerprint density at radius 2 is 1.92 bits per heavy atom. The molecule has 0 aromatic carbocycles. The van der Waals surface area contributed by atoms with Crippen molar-refractivity contribution in [2.75, 3.05) is 36.5 Å². The summed E-state index contributed by atoms with van der Waals surface area (Å²) in [5.41, 5.74) is 2.15. The summed E-state index contributed by atoms with van der Waals surface area (Å²) < 4.78 is 6.56. The van der Waals surface area contributed by atoms with Gasteiger partial charge in [0.1, 0.15) is 24.3 Å². The fourth-order valence-corrected chi connectivity index (χ4v) is 4.41. The maximum atomic E-state index is 5.42. The van der Waals surface area contributed by atoms with E-state index in [2.05, 4.69) is 41.6 Å². The number of nitrogens with zero attached hydrogens (tertiary/aromatic N) is 5. The molecule has 1 aliphatic heterocycles. The number of anilines is 2. The van der Waals surface area contributed by atoms with Crippen molar-refractivity contribution in [1.29, 1.82) is 0 Å². The van der Waals surface area contributed by atoms with Gasteiger partial charge in [-0.05, 0) is 24.3 Å². The van der Waals surface area contributed by atoms with Crippen LogP contribution in [0.5, 0.6) is 0 Å². The van der Waals surface area contributed by atoms with Crippen molar-refractivity contribution in [1.82, 2.24) is 19.9 Å². The van der Waals surface area contributed by atoms with E-state index in [0.717, 1.165) is 66.7 Å². The predicted molar refractivity (Wildman–Crippen MR) is 102 cm³/mol. The van der Waals surface area contributed by atoms with Gasteiger partial charge in [0, 0.05) is 36.8 Å². The summed E-state index contributed by atoms with van der Waals surface area (Å²) >= 11 is 1.68. The van der Waals surface area contributed by atoms with Crippen LogP contribution in [0.2, 0.25) is 0 Å². The van der Waals surface area contributed by atoms with Gasteiger partial charge in [-0.2, -0.15) is 0 Å². The minimum Gasteiger partial charge on any atom is -0.378 e. The Kier molecular flexibility index (Phi) is 4.14. The first-order valence-corrected chi connectivity index (χ1v) is 9.84. The fraction of sp³-hybridized carbons (Fsp3) is 0.444. The fourth-order valence-electron chi connectivity index (χ4n) is 3.61. The molecule has 26 heavy (non-hydrogen) atoms. The second-order valence-corrected chi connectivity index (χ2v) is 7.68. The molecule has 0 amide bonds. The second kappa shape index (κ2) is 6.77. The highest BCUT2D eigenvalue weighted by Gasteiger charge is 2.32. The minimum atomic E-state index is 0.432. The van der Waals surface area contributed by atoms with E-state index in [1.54, 1.807) is 24.0 Å². The third-order valence-corrected chi connectivity index (χ3v) is 6.06. The van der Waals surface area contributed by atoms with Gasteiger partial charge in [-0.3, -0.25) is 0 Å². The van der Waals surface area contributed by atoms with Crippen LogP contribution in [0.4, 0.5) is 11.6 Å². The number of hydrogen-bond donors (Lipinski definition) is 1. The first kappa shape index (κ1) is 15.9. The van der Waals surface area contributed by atoms with Gasteiger partial charge >= 0.3 is 0 Å². The van der Waals surface area contributed by atoms with E-state index < -0.39 is 0 Å². The smallest absolute Gasteiger partial charge is 0.147 e. The molecule has 3 aromatic heterocycles. The molecule has 5 rings (SSSR count). The zero-order valence-electron chi connectivity index (χ0n) is 14.3. The summed E-state index contributed by atoms with van der Waals surface area (Å²) in [6.45, 7) is 3.33. The van der Waals surface area contributed by atoms with Crippen LogP contribution in [0, 0.1) is 0 Å². The van der Waals surface area contributed by atoms with Gasteiger partial charge in [-0.1, -0.05) is 0 Å². The third kappa shape index (κ3) is 2.99. The van der Waals surface area contributed by atoms with Gasteiger partial charge < -0.3 is 15.0 Å². The SMILES string of the molecule is c1nc(C2CC(Nc3ncnc4ccsc34)C2)cc(N2CCOCC2)n1. The Hall–Kier alpha value is -2.32. The van der Waals surface area contributed by atoms with Crippen molar-refractivity contribution in [2.24, 2.45) is 0 Å². The number of ether oxygens (including phenoxy) is 1. The van der Waals surface area contributed by atoms with Crippen LogP contribution >= 0.6 is 11.3 Å². The molecule has 134 valence electrons. The van der Waals surface area contributed by atoms with Crippen LogP contribution in [0.15, 0.2) is 30.2 Å². The molecule has 1 N–H and O–H groups in total. The van der Waals surface area contributed by atoms with Gasteiger partial charge in [-0.25, -0.2) is 19.9 Å². The highest BCUT2D eigenvalue weighted by Crippen LogP contribution is 2.39. The van der Waals surface area contributed by atoms with Gasteiger partial charge in [0.2, 0.25) is 0 Å². The molecule has 7 nitrogen and oxygen atoms in total. The molecule has 0 spiro atoms. The summed E-state index contributed by atoms with van der Waals surface area (Å²) in [4.78, 5) is 20.0. The quantitative estimate of drug-likeness (QED) is 0.759. The lowest BCUT2D eigenvalue weighted by Crippen LogP contribution is -2.37. The van der Waals surface area contributed by atoms with Crippen molar-refractivity contribution in [2.45, 2.75) is 24.8 Å². The summed E-state index contributed by atoms with van der Waals surface area (Å²) in [5, 5.41) is 5.63. The number of morpholine rings is 1. The van der Waals surface area contributed by atoms with Crippen molar-refractivity contribution in [3.63, 3.8) is 0 Å². The van der Waals surface area contributed by atoms with E-state index in [4.69, 9.17) is 4.74 Å². The molecule has 1 saturated heterocycles. The van der Waals surface area contributed by atoms with E-state index >= 15 is 0 Å². The molecule has 1 saturated carbocycles. The summed E-state index contributed by atoms with van der Waals surface area (Å²) in [6, 6.07) is 4.61. The van der Waals surface area contributed by atoms with Crippen LogP contribution < -0.4 is 10.2 Å². The summed E-state index contributed by atoms with van der Waals surface area (Å²) in [6.07, 6.45) is 5.46. The lowest BCUT2D eigenvalue weighted by molar-refractivity contribution is 0.122. The molecule has 2 fully saturated rings. The first-order chi connectivity index (χ1) is 12.9. The van der Waals surface area contributed by atoms with E-state index in [0.29, 0.717) is 12.0 Å². The predicted octanol–water partition coefficient (Wildman–Crippen LogP) is 2.68. The highest BCUT2D eigenvalue weighted by atomic mass is 32.1. The third-order valence-electron chi connectivity index (χ3n) is 5.15. The van der Waals surface area contributed by atoms with Gasteiger partial charge in [-0.15, -0.1) is 11.3 Å². The molecule has 1 aliphatic carbocycles. The van der Waals surface area contributed by atoms with Crippen molar-refractivity contribution in [3.05, 3.63) is 35.9 Å². The van der Waals surface area contributed by atoms with Crippen LogP contribution in [0.25, 0.3) is 10.2 Å². The maximum absolute atomic E-state index is 5.42. The largest absolute Gasteiger partial charge is 0.378 e. The van der Waals surface area contributed by atoms with Gasteiger partial charge in [0.15, 0.2) is 0 Å². The molecule has 0 bridgehead atoms. The lowest BCUT2D eigenvalue weighted by Gasteiger charge is -2.36. The summed E-state index contributed by atoms with van der Waals surface area (Å²) in [7, 11) is 0. The Morgan fingerprint density at radius 1 is 1.08 bits per heavy atom. The Labute approximate surface area is 155 Å². The van der Waals surface area contributed by atoms with Crippen molar-refractivity contribution >= 4 is 33.2 Å². The van der Waals surface area contributed by atoms with Gasteiger partial charge in [0.25, 0.3) is 0 Å². The van der Waals surface area contributed by atoms with E-state index in [1.807, 2.05) is 6.07 Å². The maximum Gasteiger partial charge on any atom is 0.147 e. The standard InChI is InChI=1S/C18H20N6OS/c1-6-26-17-14(1)19-11-22-18(17)23-13-7-12(8-13)15-9-16(21-10-20-15)24-2-4-25-5-3-24/h1,6,9-13H,2-5,7-8H2,(H,19,22,23). The molecular weight excluding hydrogens is 348 g/mol. The normalized spacial score (nSPS) is 23.0. The van der Waals surface area contributed by atoms with E-state index in [9.17, 15) is 0 Å². The number of nitrogens with one attached hydrogen (secondary N) is 1. The number of fused-ring (bicyclic) bond motifs is 1. The molecule has 8 heteroatoms. The monoisotopic (exact) mass is 368 g/mol. The Morgan fingerprint density at radius 3 is 2.81 bits per heavy atom. The average molecular weight is 368 g/mol. The number of hydrogen-bond acceptors (Lipinski definition) is 8. The Bertz CT molecular complexity index is 903. The zero-order chi connectivity index (χ0) is 17.3. The van der Waals surface area contributed by atoms with Crippen LogP contribution in [-0.4, -0.2) is 52.3 Å². The molecule has 4 heterocycles. The van der Waals surface area contributed by atoms with Crippen LogP contribution in [0.1, 0.15) is 24.5 Å². The second-order valence-electron chi connectivity index (χ2n) is 6.77. The molecule has 2 aliphatic rings. The number of thiophene rings is 1. The van der Waals surface area contributed by atoms with Gasteiger partial charge in [0.05, 0.1) is 23.4 Å². The number of rotatable bonds is 4. The van der Waals surface area contributed by atoms with E-state index in [-0.39, 0.29) is 0 Å². The minimum absolute atomic E-state index is 0.432. The Balaban J connectivity index is 1.25. The molecule has 3 aromatic rings. The highest BCUT2D eigenvalue weighted by molar-refractivity contribution is 7.17. The lowest BCUT2D eigenvalue weighted by atomic mass is 9.78. The van der Waals surface area contributed by atoms with Crippen molar-refractivity contribution in [3.8, 4) is 0 Å². The topological polar surface area (TPSA) is 76.1 Å². The molecule has 0 radical (unpaired) electrons. The molecular formula is C18H20N6OS. The molecule has 0 unspecified atom stereocenters. The summed E-state index contributed by atoms with van der Waals surface area (Å²) in [5.74, 6) is 2.45. The van der Waals surface area contributed by atoms with E-state index in [1.165, 1.54) is 0 Å². The average Bonchev–Trinajstić information content (AvgIpc) is 3.15. The number of aromatic nitrogens is 4. The van der Waals surface area contributed by atoms with Crippen LogP contribution in [-0.2, 0) is 4.74 Å². The molecule has 0 atom stereocenters. The zero-order valence-corrected chi connectivity index (χ0v) is 15.2. The van der Waals surface area contributed by atoms with Crippen molar-refractivity contribution < 1.29 is 4.74 Å². The van der Waals surface area contributed by atoms with Crippen LogP contribution in [0.3, 0.4) is 0 Å². The first-order valence-electron chi connectivity index (χ1n) is 8.96.